The predicted molar refractivity (Wildman–Crippen MR) is 115 cm³/mol. The Balaban J connectivity index is 1.93. The number of esters is 1. The van der Waals surface area contributed by atoms with Gasteiger partial charge >= 0.3 is 5.97 Å². The zero-order valence-corrected chi connectivity index (χ0v) is 18.5. The Kier molecular flexibility index (Phi) is 6.52. The quantitative estimate of drug-likeness (QED) is 0.543. The van der Waals surface area contributed by atoms with E-state index in [1.54, 1.807) is 23.6 Å². The maximum atomic E-state index is 12.6. The summed E-state index contributed by atoms with van der Waals surface area (Å²) in [6.45, 7) is 3.94. The molecule has 1 amide bonds. The van der Waals surface area contributed by atoms with Gasteiger partial charge in [0.1, 0.15) is 6.54 Å². The zero-order valence-electron chi connectivity index (χ0n) is 16.9. The Hall–Kier alpha value is -2.78. The minimum absolute atomic E-state index is 0.0245. The number of hydrogen-bond acceptors (Lipinski definition) is 6. The lowest BCUT2D eigenvalue weighted by Gasteiger charge is -2.05. The lowest BCUT2D eigenvalue weighted by molar-refractivity contribution is -0.143. The van der Waals surface area contributed by atoms with Gasteiger partial charge in [0.05, 0.1) is 28.1 Å². The standard InChI is InChI=1S/C21H22N2O5S2/c1-4-28-20(25)13-23-17-10-5-14(2)11-18(17)29-21(23)22-19(24)12-15-6-8-16(9-7-15)30(3,26)27/h5-11H,4,12-13H2,1-3H3. The summed E-state index contributed by atoms with van der Waals surface area (Å²) in [6, 6.07) is 12.0. The number of ether oxygens (including phenoxy) is 1. The van der Waals surface area contributed by atoms with Gasteiger partial charge in [-0.1, -0.05) is 29.5 Å². The lowest BCUT2D eigenvalue weighted by Crippen LogP contribution is -2.23. The highest BCUT2D eigenvalue weighted by Crippen LogP contribution is 2.19. The topological polar surface area (TPSA) is 94.8 Å². The van der Waals surface area contributed by atoms with Gasteiger partial charge in [-0.15, -0.1) is 0 Å². The molecule has 0 saturated carbocycles. The molecule has 0 aliphatic carbocycles. The van der Waals surface area contributed by atoms with Crippen LogP contribution < -0.4 is 4.80 Å². The van der Waals surface area contributed by atoms with E-state index in [1.165, 1.54) is 23.5 Å². The van der Waals surface area contributed by atoms with Crippen molar-refractivity contribution in [3.05, 3.63) is 58.4 Å². The second-order valence-electron chi connectivity index (χ2n) is 6.85. The normalized spacial score (nSPS) is 12.3. The molecule has 0 N–H and O–H groups in total. The van der Waals surface area contributed by atoms with Gasteiger partial charge in [0, 0.05) is 6.26 Å². The molecule has 7 nitrogen and oxygen atoms in total. The third kappa shape index (κ3) is 5.22. The SMILES string of the molecule is CCOC(=O)Cn1c(=NC(=O)Cc2ccc(S(C)(=O)=O)cc2)sc2cc(C)ccc21. The fraction of sp³-hybridized carbons (Fsp3) is 0.286. The highest BCUT2D eigenvalue weighted by molar-refractivity contribution is 7.90. The summed E-state index contributed by atoms with van der Waals surface area (Å²) in [5.41, 5.74) is 2.53. The van der Waals surface area contributed by atoms with Crippen LogP contribution in [0.3, 0.4) is 0 Å². The van der Waals surface area contributed by atoms with E-state index in [2.05, 4.69) is 4.99 Å². The predicted octanol–water partition coefficient (Wildman–Crippen LogP) is 2.65. The summed E-state index contributed by atoms with van der Waals surface area (Å²) in [5, 5.41) is 0. The maximum Gasteiger partial charge on any atom is 0.326 e. The van der Waals surface area contributed by atoms with E-state index in [0.717, 1.165) is 22.0 Å². The van der Waals surface area contributed by atoms with E-state index >= 15 is 0 Å². The number of thiazole rings is 1. The number of fused-ring (bicyclic) bond motifs is 1. The van der Waals surface area contributed by atoms with Gasteiger partial charge in [-0.3, -0.25) is 9.59 Å². The number of hydrogen-bond donors (Lipinski definition) is 0. The fourth-order valence-corrected chi connectivity index (χ4v) is 4.70. The average Bonchev–Trinajstić information content (AvgIpc) is 2.97. The van der Waals surface area contributed by atoms with Crippen molar-refractivity contribution >= 4 is 43.3 Å². The Morgan fingerprint density at radius 3 is 2.47 bits per heavy atom. The molecule has 1 aromatic heterocycles. The summed E-state index contributed by atoms with van der Waals surface area (Å²) in [5.74, 6) is -0.786. The number of carbonyl (C=O) groups is 2. The first-order valence-corrected chi connectivity index (χ1v) is 12.0. The second-order valence-corrected chi connectivity index (χ2v) is 9.87. The van der Waals surface area contributed by atoms with Crippen LogP contribution in [0, 0.1) is 6.92 Å². The summed E-state index contributed by atoms with van der Waals surface area (Å²) >= 11 is 1.33. The van der Waals surface area contributed by atoms with Crippen molar-refractivity contribution in [1.29, 1.82) is 0 Å². The fourth-order valence-electron chi connectivity index (χ4n) is 2.93. The molecule has 9 heteroatoms. The molecule has 0 spiro atoms. The number of aryl methyl sites for hydroxylation is 1. The third-order valence-corrected chi connectivity index (χ3v) is 6.53. The van der Waals surface area contributed by atoms with Gasteiger partial charge in [0.15, 0.2) is 14.6 Å². The highest BCUT2D eigenvalue weighted by atomic mass is 32.2. The van der Waals surface area contributed by atoms with Crippen molar-refractivity contribution in [2.75, 3.05) is 12.9 Å². The minimum Gasteiger partial charge on any atom is -0.465 e. The van der Waals surface area contributed by atoms with Crippen molar-refractivity contribution in [2.45, 2.75) is 31.7 Å². The van der Waals surface area contributed by atoms with Crippen molar-refractivity contribution in [2.24, 2.45) is 4.99 Å². The van der Waals surface area contributed by atoms with Gasteiger partial charge in [-0.05, 0) is 49.2 Å². The lowest BCUT2D eigenvalue weighted by atomic mass is 10.1. The van der Waals surface area contributed by atoms with E-state index in [9.17, 15) is 18.0 Å². The molecular weight excluding hydrogens is 424 g/mol. The Morgan fingerprint density at radius 1 is 1.13 bits per heavy atom. The molecule has 3 aromatic rings. The number of amides is 1. The smallest absolute Gasteiger partial charge is 0.326 e. The maximum absolute atomic E-state index is 12.6. The van der Waals surface area contributed by atoms with Gasteiger partial charge in [-0.2, -0.15) is 4.99 Å². The van der Waals surface area contributed by atoms with Crippen LogP contribution in [0.25, 0.3) is 10.2 Å². The van der Waals surface area contributed by atoms with Crippen LogP contribution in [0.15, 0.2) is 52.4 Å². The Labute approximate surface area is 178 Å². The van der Waals surface area contributed by atoms with E-state index in [0.29, 0.717) is 10.4 Å². The molecule has 0 bridgehead atoms. The molecule has 0 atom stereocenters. The molecule has 158 valence electrons. The molecule has 3 rings (SSSR count). The number of nitrogens with zero attached hydrogens (tertiary/aromatic N) is 2. The first-order chi connectivity index (χ1) is 14.2. The van der Waals surface area contributed by atoms with Crippen molar-refractivity contribution in [3.63, 3.8) is 0 Å². The summed E-state index contributed by atoms with van der Waals surface area (Å²) < 4.78 is 30.8. The number of benzene rings is 2. The van der Waals surface area contributed by atoms with Gasteiger partial charge in [0.25, 0.3) is 5.91 Å². The first kappa shape index (κ1) is 21.9. The van der Waals surface area contributed by atoms with Crippen LogP contribution in [0.4, 0.5) is 0 Å². The van der Waals surface area contributed by atoms with Crippen LogP contribution in [0.2, 0.25) is 0 Å². The number of carbonyl (C=O) groups excluding carboxylic acids is 2. The number of aromatic nitrogens is 1. The molecule has 0 fully saturated rings. The summed E-state index contributed by atoms with van der Waals surface area (Å²) in [7, 11) is -3.29. The van der Waals surface area contributed by atoms with Crippen molar-refractivity contribution in [3.8, 4) is 0 Å². The van der Waals surface area contributed by atoms with Crippen LogP contribution in [0.5, 0.6) is 0 Å². The Bertz CT molecular complexity index is 1270. The van der Waals surface area contributed by atoms with Crippen LogP contribution in [-0.4, -0.2) is 37.7 Å². The molecule has 0 saturated heterocycles. The van der Waals surface area contributed by atoms with Gasteiger partial charge < -0.3 is 9.30 Å². The monoisotopic (exact) mass is 446 g/mol. The first-order valence-electron chi connectivity index (χ1n) is 9.29. The van der Waals surface area contributed by atoms with E-state index in [-0.39, 0.29) is 30.4 Å². The van der Waals surface area contributed by atoms with E-state index < -0.39 is 15.8 Å². The molecule has 0 radical (unpaired) electrons. The summed E-state index contributed by atoms with van der Waals surface area (Å²) in [4.78, 5) is 29.4. The number of rotatable bonds is 6. The van der Waals surface area contributed by atoms with E-state index in [4.69, 9.17) is 4.74 Å². The van der Waals surface area contributed by atoms with Crippen molar-refractivity contribution < 1.29 is 22.7 Å². The molecule has 1 heterocycles. The second kappa shape index (κ2) is 8.93. The van der Waals surface area contributed by atoms with Crippen LogP contribution in [-0.2, 0) is 37.1 Å². The van der Waals surface area contributed by atoms with Gasteiger partial charge in [0.2, 0.25) is 0 Å². The molecule has 0 aliphatic heterocycles. The largest absolute Gasteiger partial charge is 0.465 e. The molecule has 2 aromatic carbocycles. The minimum atomic E-state index is -3.29. The highest BCUT2D eigenvalue weighted by Gasteiger charge is 2.13. The molecular formula is C21H22N2O5S2. The molecule has 0 aliphatic rings. The van der Waals surface area contributed by atoms with Crippen LogP contribution in [0.1, 0.15) is 18.1 Å². The molecule has 30 heavy (non-hydrogen) atoms. The van der Waals surface area contributed by atoms with Crippen LogP contribution >= 0.6 is 11.3 Å². The number of sulfone groups is 1. The average molecular weight is 447 g/mol. The molecule has 0 unspecified atom stereocenters. The van der Waals surface area contributed by atoms with Crippen molar-refractivity contribution in [1.82, 2.24) is 4.57 Å². The summed E-state index contributed by atoms with van der Waals surface area (Å²) in [6.07, 6.45) is 1.16. The zero-order chi connectivity index (χ0) is 21.9. The van der Waals surface area contributed by atoms with Gasteiger partial charge in [-0.25, -0.2) is 8.42 Å². The van der Waals surface area contributed by atoms with E-state index in [1.807, 2.05) is 25.1 Å². The Morgan fingerprint density at radius 2 is 1.83 bits per heavy atom. The third-order valence-electron chi connectivity index (χ3n) is 4.36.